The van der Waals surface area contributed by atoms with Crippen molar-refractivity contribution in [3.63, 3.8) is 0 Å². The maximum Gasteiger partial charge on any atom is 0.276 e. The first kappa shape index (κ1) is 14.1. The molecule has 20 heavy (non-hydrogen) atoms. The van der Waals surface area contributed by atoms with Gasteiger partial charge in [-0.05, 0) is 11.5 Å². The zero-order chi connectivity index (χ0) is 14.7. The van der Waals surface area contributed by atoms with Gasteiger partial charge in [0.25, 0.3) is 5.91 Å². The molecule has 0 atom stereocenters. The van der Waals surface area contributed by atoms with Crippen molar-refractivity contribution in [3.8, 4) is 0 Å². The number of rotatable bonds is 4. The Labute approximate surface area is 118 Å². The highest BCUT2D eigenvalue weighted by molar-refractivity contribution is 5.97. The number of carbonyl (C=O) groups excluding carboxylic acids is 1. The second-order valence-corrected chi connectivity index (χ2v) is 5.20. The number of aromatic nitrogens is 2. The molecule has 106 valence electrons. The van der Waals surface area contributed by atoms with Crippen LogP contribution in [0.4, 0.5) is 5.69 Å². The standard InChI is InChI=1S/C15H20N4O/c1-10(2)13-12(16)14(18-17-13)15(20)19(3)9-11-7-5-4-6-8-11/h4-8,10H,9,16H2,1-3H3,(H,17,18). The van der Waals surface area contributed by atoms with E-state index in [0.29, 0.717) is 17.9 Å². The van der Waals surface area contributed by atoms with Crippen molar-refractivity contribution in [1.82, 2.24) is 15.1 Å². The van der Waals surface area contributed by atoms with E-state index >= 15 is 0 Å². The van der Waals surface area contributed by atoms with Crippen molar-refractivity contribution >= 4 is 11.6 Å². The van der Waals surface area contributed by atoms with Crippen LogP contribution in [-0.2, 0) is 6.54 Å². The number of anilines is 1. The molecular weight excluding hydrogens is 252 g/mol. The normalized spacial score (nSPS) is 10.8. The first-order valence-electron chi connectivity index (χ1n) is 6.63. The summed E-state index contributed by atoms with van der Waals surface area (Å²) in [5, 5.41) is 6.91. The highest BCUT2D eigenvalue weighted by atomic mass is 16.2. The fraction of sp³-hybridized carbons (Fsp3) is 0.333. The lowest BCUT2D eigenvalue weighted by Crippen LogP contribution is -2.27. The van der Waals surface area contributed by atoms with Crippen LogP contribution in [0, 0.1) is 0 Å². The van der Waals surface area contributed by atoms with E-state index in [0.717, 1.165) is 11.3 Å². The number of amides is 1. The number of aromatic amines is 1. The molecule has 0 radical (unpaired) electrons. The Morgan fingerprint density at radius 3 is 2.55 bits per heavy atom. The summed E-state index contributed by atoms with van der Waals surface area (Å²) in [6, 6.07) is 9.82. The summed E-state index contributed by atoms with van der Waals surface area (Å²) < 4.78 is 0. The minimum absolute atomic E-state index is 0.172. The lowest BCUT2D eigenvalue weighted by Gasteiger charge is -2.16. The number of benzene rings is 1. The molecule has 5 heteroatoms. The zero-order valence-corrected chi connectivity index (χ0v) is 12.1. The van der Waals surface area contributed by atoms with Crippen molar-refractivity contribution in [1.29, 1.82) is 0 Å². The number of nitrogens with zero attached hydrogens (tertiary/aromatic N) is 2. The van der Waals surface area contributed by atoms with Crippen LogP contribution in [-0.4, -0.2) is 28.1 Å². The number of carbonyl (C=O) groups is 1. The molecule has 0 aliphatic rings. The van der Waals surface area contributed by atoms with E-state index in [1.165, 1.54) is 0 Å². The first-order valence-corrected chi connectivity index (χ1v) is 6.63. The Morgan fingerprint density at radius 2 is 2.00 bits per heavy atom. The first-order chi connectivity index (χ1) is 9.50. The van der Waals surface area contributed by atoms with E-state index < -0.39 is 0 Å². The Morgan fingerprint density at radius 1 is 1.35 bits per heavy atom. The maximum absolute atomic E-state index is 12.4. The van der Waals surface area contributed by atoms with Gasteiger partial charge in [-0.15, -0.1) is 0 Å². The highest BCUT2D eigenvalue weighted by Crippen LogP contribution is 2.23. The summed E-state index contributed by atoms with van der Waals surface area (Å²) in [6.45, 7) is 4.54. The van der Waals surface area contributed by atoms with Crippen LogP contribution in [0.25, 0.3) is 0 Å². The van der Waals surface area contributed by atoms with Gasteiger partial charge in [-0.3, -0.25) is 9.89 Å². The van der Waals surface area contributed by atoms with Gasteiger partial charge in [-0.1, -0.05) is 44.2 Å². The average Bonchev–Trinajstić information content (AvgIpc) is 2.81. The van der Waals surface area contributed by atoms with E-state index in [1.807, 2.05) is 44.2 Å². The summed E-state index contributed by atoms with van der Waals surface area (Å²) in [7, 11) is 1.75. The van der Waals surface area contributed by atoms with E-state index in [9.17, 15) is 4.79 Å². The number of H-pyrrole nitrogens is 1. The third kappa shape index (κ3) is 2.82. The lowest BCUT2D eigenvalue weighted by molar-refractivity contribution is 0.0780. The smallest absolute Gasteiger partial charge is 0.276 e. The second kappa shape index (κ2) is 5.77. The Balaban J connectivity index is 2.15. The molecule has 1 amide bonds. The van der Waals surface area contributed by atoms with E-state index in [-0.39, 0.29) is 11.8 Å². The van der Waals surface area contributed by atoms with Gasteiger partial charge in [0.05, 0.1) is 11.4 Å². The number of nitrogens with one attached hydrogen (secondary N) is 1. The van der Waals surface area contributed by atoms with Crippen molar-refractivity contribution in [2.75, 3.05) is 12.8 Å². The van der Waals surface area contributed by atoms with Gasteiger partial charge < -0.3 is 10.6 Å². The van der Waals surface area contributed by atoms with Crippen LogP contribution >= 0.6 is 0 Å². The van der Waals surface area contributed by atoms with Crippen molar-refractivity contribution < 1.29 is 4.79 Å². The van der Waals surface area contributed by atoms with Crippen LogP contribution in [0.5, 0.6) is 0 Å². The molecule has 1 aromatic carbocycles. The molecule has 1 heterocycles. The van der Waals surface area contributed by atoms with Crippen LogP contribution in [0.1, 0.15) is 41.5 Å². The fourth-order valence-electron chi connectivity index (χ4n) is 2.08. The summed E-state index contributed by atoms with van der Waals surface area (Å²) in [6.07, 6.45) is 0. The molecule has 5 nitrogen and oxygen atoms in total. The summed E-state index contributed by atoms with van der Waals surface area (Å²) in [5.74, 6) is 0.0398. The number of nitrogens with two attached hydrogens (primary N) is 1. The lowest BCUT2D eigenvalue weighted by atomic mass is 10.1. The van der Waals surface area contributed by atoms with E-state index in [1.54, 1.807) is 11.9 Å². The topological polar surface area (TPSA) is 75.0 Å². The average molecular weight is 272 g/mol. The van der Waals surface area contributed by atoms with Gasteiger partial charge >= 0.3 is 0 Å². The molecule has 0 aliphatic heterocycles. The molecule has 0 unspecified atom stereocenters. The molecule has 2 rings (SSSR count). The van der Waals surface area contributed by atoms with Gasteiger partial charge in [0.2, 0.25) is 0 Å². The second-order valence-electron chi connectivity index (χ2n) is 5.20. The molecule has 0 bridgehead atoms. The largest absolute Gasteiger partial charge is 0.395 e. The van der Waals surface area contributed by atoms with Crippen LogP contribution in [0.2, 0.25) is 0 Å². The maximum atomic E-state index is 12.4. The van der Waals surface area contributed by atoms with Gasteiger partial charge in [0, 0.05) is 13.6 Å². The van der Waals surface area contributed by atoms with Crippen molar-refractivity contribution in [2.24, 2.45) is 0 Å². The van der Waals surface area contributed by atoms with Crippen LogP contribution < -0.4 is 5.73 Å². The minimum Gasteiger partial charge on any atom is -0.395 e. The molecule has 3 N–H and O–H groups in total. The summed E-state index contributed by atoms with van der Waals surface area (Å²) in [4.78, 5) is 14.0. The molecular formula is C15H20N4O. The third-order valence-corrected chi connectivity index (χ3v) is 3.22. The van der Waals surface area contributed by atoms with Gasteiger partial charge in [0.1, 0.15) is 0 Å². The van der Waals surface area contributed by atoms with E-state index in [2.05, 4.69) is 10.2 Å². The third-order valence-electron chi connectivity index (χ3n) is 3.22. The van der Waals surface area contributed by atoms with Gasteiger partial charge in [-0.25, -0.2) is 0 Å². The Kier molecular flexibility index (Phi) is 4.08. The number of nitrogen functional groups attached to an aromatic ring is 1. The van der Waals surface area contributed by atoms with Gasteiger partial charge in [-0.2, -0.15) is 5.10 Å². The quantitative estimate of drug-likeness (QED) is 0.897. The minimum atomic E-state index is -0.172. The van der Waals surface area contributed by atoms with Crippen molar-refractivity contribution in [2.45, 2.75) is 26.3 Å². The van der Waals surface area contributed by atoms with Gasteiger partial charge in [0.15, 0.2) is 5.69 Å². The fourth-order valence-corrected chi connectivity index (χ4v) is 2.08. The predicted molar refractivity (Wildman–Crippen MR) is 79.3 cm³/mol. The molecule has 1 aromatic heterocycles. The highest BCUT2D eigenvalue weighted by Gasteiger charge is 2.21. The Hall–Kier alpha value is -2.30. The summed E-state index contributed by atoms with van der Waals surface area (Å²) in [5.41, 5.74) is 8.62. The monoisotopic (exact) mass is 272 g/mol. The summed E-state index contributed by atoms with van der Waals surface area (Å²) >= 11 is 0. The SMILES string of the molecule is CC(C)c1[nH]nc(C(=O)N(C)Cc2ccccc2)c1N. The van der Waals surface area contributed by atoms with Crippen LogP contribution in [0.3, 0.4) is 0 Å². The van der Waals surface area contributed by atoms with Crippen LogP contribution in [0.15, 0.2) is 30.3 Å². The molecule has 2 aromatic rings. The predicted octanol–water partition coefficient (Wildman–Crippen LogP) is 2.39. The molecule has 0 spiro atoms. The molecule has 0 saturated heterocycles. The Bertz CT molecular complexity index is 589. The number of hydrogen-bond donors (Lipinski definition) is 2. The zero-order valence-electron chi connectivity index (χ0n) is 12.1. The van der Waals surface area contributed by atoms with Crippen molar-refractivity contribution in [3.05, 3.63) is 47.3 Å². The molecule has 0 fully saturated rings. The van der Waals surface area contributed by atoms with E-state index in [4.69, 9.17) is 5.73 Å². The molecule has 0 aliphatic carbocycles. The molecule has 0 saturated carbocycles. The number of hydrogen-bond acceptors (Lipinski definition) is 3.